The molecule has 18 heavy (non-hydrogen) atoms. The van der Waals surface area contributed by atoms with Crippen LogP contribution in [0.15, 0.2) is 12.4 Å². The third-order valence-electron chi connectivity index (χ3n) is 4.22. The third-order valence-corrected chi connectivity index (χ3v) is 4.22. The summed E-state index contributed by atoms with van der Waals surface area (Å²) in [4.78, 5) is 4.48. The Hall–Kier alpha value is -0.870. The molecule has 0 radical (unpaired) electrons. The lowest BCUT2D eigenvalue weighted by molar-refractivity contribution is -0.0982. The number of aryl methyl sites for hydroxylation is 1. The smallest absolute Gasteiger partial charge is 0.110 e. The maximum Gasteiger partial charge on any atom is 0.110 e. The van der Waals surface area contributed by atoms with E-state index in [9.17, 15) is 0 Å². The van der Waals surface area contributed by atoms with Crippen LogP contribution in [0.3, 0.4) is 0 Å². The van der Waals surface area contributed by atoms with Gasteiger partial charge in [0.2, 0.25) is 0 Å². The van der Waals surface area contributed by atoms with E-state index in [2.05, 4.69) is 34.9 Å². The van der Waals surface area contributed by atoms with Crippen LogP contribution in [0.5, 0.6) is 0 Å². The number of likely N-dealkylation sites (N-methyl/N-ethyl adjacent to an activating group) is 1. The van der Waals surface area contributed by atoms with E-state index in [4.69, 9.17) is 4.74 Å². The van der Waals surface area contributed by atoms with Gasteiger partial charge < -0.3 is 14.6 Å². The average Bonchev–Trinajstić information content (AvgIpc) is 2.76. The first-order valence-electron chi connectivity index (χ1n) is 7.04. The molecule has 1 N–H and O–H groups in total. The largest absolute Gasteiger partial charge is 0.377 e. The SMILES string of the molecule is CCNC(Cc1nccn1CC)C1(OC)CCC1. The number of aromatic nitrogens is 2. The second-order valence-electron chi connectivity index (χ2n) is 5.07. The Morgan fingerprint density at radius 2 is 2.28 bits per heavy atom. The highest BCUT2D eigenvalue weighted by Crippen LogP contribution is 2.39. The monoisotopic (exact) mass is 251 g/mol. The van der Waals surface area contributed by atoms with Gasteiger partial charge in [-0.1, -0.05) is 6.92 Å². The molecule has 4 nitrogen and oxygen atoms in total. The van der Waals surface area contributed by atoms with Gasteiger partial charge in [-0.2, -0.15) is 0 Å². The molecule has 0 aliphatic heterocycles. The minimum atomic E-state index is 0.0283. The van der Waals surface area contributed by atoms with Crippen molar-refractivity contribution in [3.63, 3.8) is 0 Å². The van der Waals surface area contributed by atoms with Crippen LogP contribution in [0.2, 0.25) is 0 Å². The molecule has 0 saturated heterocycles. The number of hydrogen-bond acceptors (Lipinski definition) is 3. The molecule has 0 bridgehead atoms. The summed E-state index contributed by atoms with van der Waals surface area (Å²) in [5.74, 6) is 1.16. The predicted octanol–water partition coefficient (Wildman–Crippen LogP) is 1.99. The van der Waals surface area contributed by atoms with Gasteiger partial charge >= 0.3 is 0 Å². The van der Waals surface area contributed by atoms with E-state index in [1.807, 2.05) is 13.3 Å². The molecule has 2 rings (SSSR count). The van der Waals surface area contributed by atoms with Crippen LogP contribution in [0.4, 0.5) is 0 Å². The average molecular weight is 251 g/mol. The van der Waals surface area contributed by atoms with Gasteiger partial charge in [0.15, 0.2) is 0 Å². The third kappa shape index (κ3) is 2.45. The highest BCUT2D eigenvalue weighted by molar-refractivity contribution is 5.05. The van der Waals surface area contributed by atoms with E-state index in [-0.39, 0.29) is 5.60 Å². The zero-order valence-electron chi connectivity index (χ0n) is 11.8. The Labute approximate surface area is 110 Å². The van der Waals surface area contributed by atoms with Crippen molar-refractivity contribution in [3.05, 3.63) is 18.2 Å². The number of methoxy groups -OCH3 is 1. The molecule has 1 aliphatic carbocycles. The predicted molar refractivity (Wildman–Crippen MR) is 72.7 cm³/mol. The zero-order valence-corrected chi connectivity index (χ0v) is 11.8. The summed E-state index contributed by atoms with van der Waals surface area (Å²) in [7, 11) is 1.84. The summed E-state index contributed by atoms with van der Waals surface area (Å²) < 4.78 is 8.03. The number of ether oxygens (including phenoxy) is 1. The molecule has 1 unspecified atom stereocenters. The minimum Gasteiger partial charge on any atom is -0.377 e. The molecule has 4 heteroatoms. The van der Waals surface area contributed by atoms with Crippen molar-refractivity contribution in [2.24, 2.45) is 0 Å². The van der Waals surface area contributed by atoms with Gasteiger partial charge in [-0.15, -0.1) is 0 Å². The molecular formula is C14H25N3O. The van der Waals surface area contributed by atoms with Crippen molar-refractivity contribution in [3.8, 4) is 0 Å². The molecule has 1 atom stereocenters. The normalized spacial score (nSPS) is 19.5. The summed E-state index contributed by atoms with van der Waals surface area (Å²) in [6, 6.07) is 0.369. The summed E-state index contributed by atoms with van der Waals surface area (Å²) in [6.45, 7) is 6.26. The summed E-state index contributed by atoms with van der Waals surface area (Å²) in [5.41, 5.74) is 0.0283. The van der Waals surface area contributed by atoms with Gasteiger partial charge in [-0.05, 0) is 32.7 Å². The van der Waals surface area contributed by atoms with Gasteiger partial charge in [0.05, 0.1) is 5.60 Å². The molecule has 0 amide bonds. The van der Waals surface area contributed by atoms with E-state index < -0.39 is 0 Å². The van der Waals surface area contributed by atoms with E-state index >= 15 is 0 Å². The molecule has 0 spiro atoms. The molecule has 1 saturated carbocycles. The van der Waals surface area contributed by atoms with Crippen LogP contribution in [0, 0.1) is 0 Å². The number of rotatable bonds is 7. The Bertz CT molecular complexity index is 365. The summed E-state index contributed by atoms with van der Waals surface area (Å²) in [6.07, 6.45) is 8.49. The van der Waals surface area contributed by atoms with Crippen LogP contribution in [0.1, 0.15) is 38.9 Å². The fourth-order valence-electron chi connectivity index (χ4n) is 2.91. The highest BCUT2D eigenvalue weighted by atomic mass is 16.5. The lowest BCUT2D eigenvalue weighted by atomic mass is 9.73. The number of hydrogen-bond donors (Lipinski definition) is 1. The lowest BCUT2D eigenvalue weighted by Gasteiger charge is -2.46. The molecule has 102 valence electrons. The van der Waals surface area contributed by atoms with E-state index in [0.29, 0.717) is 6.04 Å². The summed E-state index contributed by atoms with van der Waals surface area (Å²) >= 11 is 0. The molecule has 1 aromatic rings. The quantitative estimate of drug-likeness (QED) is 0.805. The van der Waals surface area contributed by atoms with E-state index in [0.717, 1.165) is 38.2 Å². The fourth-order valence-corrected chi connectivity index (χ4v) is 2.91. The van der Waals surface area contributed by atoms with Gasteiger partial charge in [0.25, 0.3) is 0 Å². The number of nitrogens with zero attached hydrogens (tertiary/aromatic N) is 2. The maximum absolute atomic E-state index is 5.81. The van der Waals surface area contributed by atoms with Crippen LogP contribution in [-0.2, 0) is 17.7 Å². The Kier molecular flexibility index (Phi) is 4.40. The second kappa shape index (κ2) is 5.85. The molecular weight excluding hydrogens is 226 g/mol. The van der Waals surface area contributed by atoms with E-state index in [1.165, 1.54) is 6.42 Å². The van der Waals surface area contributed by atoms with Gasteiger partial charge in [-0.25, -0.2) is 4.98 Å². The van der Waals surface area contributed by atoms with Gasteiger partial charge in [0, 0.05) is 38.5 Å². The van der Waals surface area contributed by atoms with Gasteiger partial charge in [0.1, 0.15) is 5.82 Å². The highest BCUT2D eigenvalue weighted by Gasteiger charge is 2.44. The maximum atomic E-state index is 5.81. The Morgan fingerprint density at radius 3 is 2.78 bits per heavy atom. The Morgan fingerprint density at radius 1 is 1.50 bits per heavy atom. The van der Waals surface area contributed by atoms with E-state index in [1.54, 1.807) is 0 Å². The van der Waals surface area contributed by atoms with Crippen molar-refractivity contribution < 1.29 is 4.74 Å². The summed E-state index contributed by atoms with van der Waals surface area (Å²) in [5, 5.41) is 3.59. The first-order valence-corrected chi connectivity index (χ1v) is 7.04. The first-order chi connectivity index (χ1) is 8.75. The van der Waals surface area contributed by atoms with Gasteiger partial charge in [-0.3, -0.25) is 0 Å². The van der Waals surface area contributed by atoms with Crippen LogP contribution in [0.25, 0.3) is 0 Å². The van der Waals surface area contributed by atoms with Crippen LogP contribution >= 0.6 is 0 Å². The van der Waals surface area contributed by atoms with Crippen molar-refractivity contribution in [1.82, 2.24) is 14.9 Å². The van der Waals surface area contributed by atoms with Crippen LogP contribution in [-0.4, -0.2) is 34.8 Å². The van der Waals surface area contributed by atoms with Crippen molar-refractivity contribution in [1.29, 1.82) is 0 Å². The zero-order chi connectivity index (χ0) is 13.0. The first kappa shape index (κ1) is 13.6. The van der Waals surface area contributed by atoms with Crippen LogP contribution < -0.4 is 5.32 Å². The molecule has 1 fully saturated rings. The van der Waals surface area contributed by atoms with Crippen molar-refractivity contribution in [2.45, 2.75) is 57.7 Å². The number of imidazole rings is 1. The van der Waals surface area contributed by atoms with Crippen molar-refractivity contribution >= 4 is 0 Å². The molecule has 1 aliphatic rings. The lowest BCUT2D eigenvalue weighted by Crippen LogP contribution is -2.57. The number of nitrogens with one attached hydrogen (secondary N) is 1. The molecule has 1 heterocycles. The topological polar surface area (TPSA) is 39.1 Å². The fraction of sp³-hybridized carbons (Fsp3) is 0.786. The Balaban J connectivity index is 2.11. The standard InChI is InChI=1S/C14H25N3O/c1-4-15-12(14(18-3)7-6-8-14)11-13-16-9-10-17(13)5-2/h9-10,12,15H,4-8,11H2,1-3H3. The second-order valence-corrected chi connectivity index (χ2v) is 5.07. The van der Waals surface area contributed by atoms with Crippen molar-refractivity contribution in [2.75, 3.05) is 13.7 Å². The molecule has 1 aromatic heterocycles. The minimum absolute atomic E-state index is 0.0283. The molecule has 0 aromatic carbocycles.